The maximum absolute atomic E-state index is 12.6. The largest absolute Gasteiger partial charge is 0.449 e. The summed E-state index contributed by atoms with van der Waals surface area (Å²) in [7, 11) is 0. The number of nitrogens with zero attached hydrogens (tertiary/aromatic N) is 2. The summed E-state index contributed by atoms with van der Waals surface area (Å²) in [4.78, 5) is 24.0. The van der Waals surface area contributed by atoms with E-state index in [1.807, 2.05) is 30.3 Å². The van der Waals surface area contributed by atoms with Crippen LogP contribution < -0.4 is 5.32 Å². The summed E-state index contributed by atoms with van der Waals surface area (Å²) in [5.74, 6) is -0.316. The van der Waals surface area contributed by atoms with Crippen LogP contribution in [0.15, 0.2) is 52.9 Å². The molecule has 0 saturated heterocycles. The van der Waals surface area contributed by atoms with Crippen LogP contribution in [0, 0.1) is 6.92 Å². The minimum atomic E-state index is -0.742. The van der Waals surface area contributed by atoms with E-state index in [0.29, 0.717) is 11.6 Å². The highest BCUT2D eigenvalue weighted by Crippen LogP contribution is 2.26. The molecule has 7 nitrogen and oxygen atoms in total. The lowest BCUT2D eigenvalue weighted by molar-refractivity contribution is -0.114. The van der Waals surface area contributed by atoms with Crippen molar-refractivity contribution in [3.63, 3.8) is 0 Å². The van der Waals surface area contributed by atoms with E-state index in [0.717, 1.165) is 11.1 Å². The fourth-order valence-electron chi connectivity index (χ4n) is 2.55. The van der Waals surface area contributed by atoms with Gasteiger partial charge in [0.1, 0.15) is 0 Å². The molecule has 3 aromatic rings. The summed E-state index contributed by atoms with van der Waals surface area (Å²) < 4.78 is 11.1. The molecule has 1 atom stereocenters. The van der Waals surface area contributed by atoms with Gasteiger partial charge in [-0.3, -0.25) is 4.79 Å². The zero-order valence-corrected chi connectivity index (χ0v) is 15.2. The summed E-state index contributed by atoms with van der Waals surface area (Å²) in [6, 6.07) is 14.4. The molecule has 0 aliphatic rings. The molecule has 1 amide bonds. The number of aromatic nitrogens is 2. The maximum atomic E-state index is 12.6. The van der Waals surface area contributed by atoms with E-state index in [2.05, 4.69) is 15.5 Å². The standard InChI is InChI=1S/C20H19N3O4/c1-12-8-7-11-16(17(12)21-14(3)24)20(25)26-13(2)18-22-23-19(27-18)15-9-5-4-6-10-15/h4-11,13H,1-3H3,(H,21,24). The average molecular weight is 365 g/mol. The van der Waals surface area contributed by atoms with Gasteiger partial charge in [0.25, 0.3) is 5.89 Å². The highest BCUT2D eigenvalue weighted by atomic mass is 16.6. The lowest BCUT2D eigenvalue weighted by Crippen LogP contribution is -2.15. The molecule has 138 valence electrons. The van der Waals surface area contributed by atoms with E-state index >= 15 is 0 Å². The molecule has 0 fully saturated rings. The summed E-state index contributed by atoms with van der Waals surface area (Å²) in [6.07, 6.45) is -0.742. The van der Waals surface area contributed by atoms with Crippen LogP contribution in [0.25, 0.3) is 11.5 Å². The van der Waals surface area contributed by atoms with E-state index in [1.54, 1.807) is 32.0 Å². The molecule has 1 N–H and O–H groups in total. The first-order valence-electron chi connectivity index (χ1n) is 8.42. The number of hydrogen-bond donors (Lipinski definition) is 1. The lowest BCUT2D eigenvalue weighted by atomic mass is 10.1. The van der Waals surface area contributed by atoms with Crippen LogP contribution in [0.1, 0.15) is 41.8 Å². The first-order chi connectivity index (χ1) is 13.0. The van der Waals surface area contributed by atoms with Crippen molar-refractivity contribution in [2.24, 2.45) is 0 Å². The number of aryl methyl sites for hydroxylation is 1. The molecular formula is C20H19N3O4. The second-order valence-corrected chi connectivity index (χ2v) is 6.04. The Morgan fingerprint density at radius 1 is 1.07 bits per heavy atom. The Morgan fingerprint density at radius 2 is 1.81 bits per heavy atom. The van der Waals surface area contributed by atoms with Crippen LogP contribution in [-0.2, 0) is 9.53 Å². The number of amides is 1. The van der Waals surface area contributed by atoms with Crippen molar-refractivity contribution in [3.05, 3.63) is 65.5 Å². The molecule has 1 aromatic heterocycles. The molecular weight excluding hydrogens is 346 g/mol. The first kappa shape index (κ1) is 18.3. The number of esters is 1. The van der Waals surface area contributed by atoms with E-state index in [9.17, 15) is 9.59 Å². The monoisotopic (exact) mass is 365 g/mol. The second-order valence-electron chi connectivity index (χ2n) is 6.04. The van der Waals surface area contributed by atoms with Crippen LogP contribution in [0.3, 0.4) is 0 Å². The molecule has 7 heteroatoms. The van der Waals surface area contributed by atoms with Crippen molar-refractivity contribution >= 4 is 17.6 Å². The second kappa shape index (κ2) is 7.82. The molecule has 0 aliphatic heterocycles. The number of para-hydroxylation sites is 1. The van der Waals surface area contributed by atoms with Crippen molar-refractivity contribution in [1.29, 1.82) is 0 Å². The number of benzene rings is 2. The lowest BCUT2D eigenvalue weighted by Gasteiger charge is -2.14. The number of anilines is 1. The molecule has 0 bridgehead atoms. The van der Waals surface area contributed by atoms with Crippen molar-refractivity contribution in [2.75, 3.05) is 5.32 Å². The minimum Gasteiger partial charge on any atom is -0.449 e. The normalized spacial score (nSPS) is 11.7. The summed E-state index contributed by atoms with van der Waals surface area (Å²) >= 11 is 0. The third-order valence-electron chi connectivity index (χ3n) is 3.89. The minimum absolute atomic E-state index is 0.191. The smallest absolute Gasteiger partial charge is 0.341 e. The molecule has 1 heterocycles. The Labute approximate surface area is 156 Å². The number of nitrogens with one attached hydrogen (secondary N) is 1. The van der Waals surface area contributed by atoms with Crippen molar-refractivity contribution in [2.45, 2.75) is 26.9 Å². The van der Waals surface area contributed by atoms with Crippen molar-refractivity contribution < 1.29 is 18.7 Å². The van der Waals surface area contributed by atoms with Gasteiger partial charge in [0, 0.05) is 12.5 Å². The van der Waals surface area contributed by atoms with Gasteiger partial charge < -0.3 is 14.5 Å². The number of carbonyl (C=O) groups is 2. The number of carbonyl (C=O) groups excluding carboxylic acids is 2. The SMILES string of the molecule is CC(=O)Nc1c(C)cccc1C(=O)OC(C)c1nnc(-c2ccccc2)o1. The van der Waals surface area contributed by atoms with Gasteiger partial charge in [0.2, 0.25) is 11.8 Å². The van der Waals surface area contributed by atoms with Gasteiger partial charge in [-0.25, -0.2) is 4.79 Å². The maximum Gasteiger partial charge on any atom is 0.341 e. The van der Waals surface area contributed by atoms with E-state index < -0.39 is 12.1 Å². The van der Waals surface area contributed by atoms with Crippen molar-refractivity contribution in [1.82, 2.24) is 10.2 Å². The molecule has 0 radical (unpaired) electrons. The number of ether oxygens (including phenoxy) is 1. The topological polar surface area (TPSA) is 94.3 Å². The van der Waals surface area contributed by atoms with Crippen LogP contribution in [0.4, 0.5) is 5.69 Å². The average Bonchev–Trinajstić information content (AvgIpc) is 3.14. The Morgan fingerprint density at radius 3 is 2.52 bits per heavy atom. The summed E-state index contributed by atoms with van der Waals surface area (Å²) in [6.45, 7) is 4.83. The molecule has 0 spiro atoms. The highest BCUT2D eigenvalue weighted by Gasteiger charge is 2.22. The zero-order valence-electron chi connectivity index (χ0n) is 15.2. The van der Waals surface area contributed by atoms with Crippen LogP contribution >= 0.6 is 0 Å². The molecule has 27 heavy (non-hydrogen) atoms. The quantitative estimate of drug-likeness (QED) is 0.689. The molecule has 3 rings (SSSR count). The summed E-state index contributed by atoms with van der Waals surface area (Å²) in [5, 5.41) is 10.6. The van der Waals surface area contributed by atoms with Gasteiger partial charge in [0.05, 0.1) is 11.3 Å². The predicted octanol–water partition coefficient (Wildman–Crippen LogP) is 3.92. The molecule has 0 saturated carbocycles. The third kappa shape index (κ3) is 4.20. The van der Waals surface area contributed by atoms with Gasteiger partial charge in [-0.05, 0) is 37.6 Å². The molecule has 0 aliphatic carbocycles. The third-order valence-corrected chi connectivity index (χ3v) is 3.89. The summed E-state index contributed by atoms with van der Waals surface area (Å²) in [5.41, 5.74) is 2.23. The highest BCUT2D eigenvalue weighted by molar-refractivity contribution is 6.01. The number of hydrogen-bond acceptors (Lipinski definition) is 6. The fourth-order valence-corrected chi connectivity index (χ4v) is 2.55. The van der Waals surface area contributed by atoms with Crippen LogP contribution in [-0.4, -0.2) is 22.1 Å². The Balaban J connectivity index is 1.78. The van der Waals surface area contributed by atoms with Gasteiger partial charge in [0.15, 0.2) is 6.10 Å². The number of rotatable bonds is 5. The van der Waals surface area contributed by atoms with Gasteiger partial charge in [-0.1, -0.05) is 30.3 Å². The van der Waals surface area contributed by atoms with Crippen LogP contribution in [0.5, 0.6) is 0 Å². The zero-order chi connectivity index (χ0) is 19.4. The van der Waals surface area contributed by atoms with Gasteiger partial charge in [-0.15, -0.1) is 10.2 Å². The molecule has 2 aromatic carbocycles. The molecule has 1 unspecified atom stereocenters. The first-order valence-corrected chi connectivity index (χ1v) is 8.42. The van der Waals surface area contributed by atoms with Crippen molar-refractivity contribution in [3.8, 4) is 11.5 Å². The van der Waals surface area contributed by atoms with Gasteiger partial charge in [-0.2, -0.15) is 0 Å². The van der Waals surface area contributed by atoms with E-state index in [-0.39, 0.29) is 17.4 Å². The fraction of sp³-hybridized carbons (Fsp3) is 0.200. The Bertz CT molecular complexity index is 966. The Hall–Kier alpha value is -3.48. The van der Waals surface area contributed by atoms with E-state index in [4.69, 9.17) is 9.15 Å². The van der Waals surface area contributed by atoms with E-state index in [1.165, 1.54) is 6.92 Å². The van der Waals surface area contributed by atoms with Gasteiger partial charge >= 0.3 is 5.97 Å². The Kier molecular flexibility index (Phi) is 5.30. The van der Waals surface area contributed by atoms with Crippen LogP contribution in [0.2, 0.25) is 0 Å². The predicted molar refractivity (Wildman–Crippen MR) is 99.0 cm³/mol.